The summed E-state index contributed by atoms with van der Waals surface area (Å²) in [6.07, 6.45) is 90.5. The lowest BCUT2D eigenvalue weighted by molar-refractivity contribution is -0.166. The minimum absolute atomic E-state index is 0.120. The van der Waals surface area contributed by atoms with Gasteiger partial charge in [-0.15, -0.1) is 0 Å². The van der Waals surface area contributed by atoms with E-state index in [9.17, 15) is 14.4 Å². The molecule has 0 heterocycles. The van der Waals surface area contributed by atoms with Crippen LogP contribution in [0.5, 0.6) is 0 Å². The average Bonchev–Trinajstić information content (AvgIpc) is 3.43. The maximum atomic E-state index is 12.9. The van der Waals surface area contributed by atoms with Crippen molar-refractivity contribution in [1.82, 2.24) is 0 Å². The molecular formula is C71H116O6. The fourth-order valence-electron chi connectivity index (χ4n) is 8.50. The molecule has 0 aromatic carbocycles. The Labute approximate surface area is 475 Å². The highest BCUT2D eigenvalue weighted by atomic mass is 16.6. The second-order valence-electron chi connectivity index (χ2n) is 20.6. The summed E-state index contributed by atoms with van der Waals surface area (Å²) in [4.78, 5) is 38.2. The van der Waals surface area contributed by atoms with Crippen LogP contribution in [0.15, 0.2) is 134 Å². The van der Waals surface area contributed by atoms with Gasteiger partial charge in [0.15, 0.2) is 6.10 Å². The number of unbranched alkanes of at least 4 members (excludes halogenated alkanes) is 23. The fourth-order valence-corrected chi connectivity index (χ4v) is 8.50. The van der Waals surface area contributed by atoms with Gasteiger partial charge in [0, 0.05) is 19.3 Å². The molecule has 6 nitrogen and oxygen atoms in total. The first kappa shape index (κ1) is 72.5. The van der Waals surface area contributed by atoms with Crippen molar-refractivity contribution in [2.75, 3.05) is 13.2 Å². The van der Waals surface area contributed by atoms with Crippen molar-refractivity contribution >= 4 is 17.9 Å². The van der Waals surface area contributed by atoms with E-state index in [1.807, 2.05) is 6.08 Å². The number of hydrogen-bond donors (Lipinski definition) is 0. The summed E-state index contributed by atoms with van der Waals surface area (Å²) < 4.78 is 16.8. The molecule has 6 heteroatoms. The first-order valence-corrected chi connectivity index (χ1v) is 31.7. The number of allylic oxidation sites excluding steroid dienone is 22. The van der Waals surface area contributed by atoms with E-state index in [1.54, 1.807) is 0 Å². The zero-order valence-electron chi connectivity index (χ0n) is 49.9. The highest BCUT2D eigenvalue weighted by Crippen LogP contribution is 2.16. The first-order valence-electron chi connectivity index (χ1n) is 31.7. The van der Waals surface area contributed by atoms with E-state index in [4.69, 9.17) is 14.2 Å². The summed E-state index contributed by atoms with van der Waals surface area (Å²) in [7, 11) is 0. The summed E-state index contributed by atoms with van der Waals surface area (Å²) in [6, 6.07) is 0. The lowest BCUT2D eigenvalue weighted by atomic mass is 10.0. The Kier molecular flexibility index (Phi) is 60.4. The van der Waals surface area contributed by atoms with Gasteiger partial charge in [0.1, 0.15) is 13.2 Å². The molecule has 0 saturated carbocycles. The molecule has 0 aliphatic heterocycles. The molecule has 0 amide bonds. The zero-order chi connectivity index (χ0) is 55.7. The quantitative estimate of drug-likeness (QED) is 0.0261. The molecule has 0 rings (SSSR count). The van der Waals surface area contributed by atoms with Crippen molar-refractivity contribution in [1.29, 1.82) is 0 Å². The zero-order valence-corrected chi connectivity index (χ0v) is 49.9. The van der Waals surface area contributed by atoms with Gasteiger partial charge in [-0.05, 0) is 103 Å². The molecule has 0 saturated heterocycles. The first-order chi connectivity index (χ1) is 38.0. The van der Waals surface area contributed by atoms with Gasteiger partial charge >= 0.3 is 17.9 Å². The maximum Gasteiger partial charge on any atom is 0.306 e. The predicted octanol–water partition coefficient (Wildman–Crippen LogP) is 21.8. The van der Waals surface area contributed by atoms with E-state index < -0.39 is 6.10 Å². The summed E-state index contributed by atoms with van der Waals surface area (Å²) in [6.45, 7) is 6.33. The number of esters is 3. The van der Waals surface area contributed by atoms with E-state index in [0.29, 0.717) is 19.3 Å². The minimum atomic E-state index is -0.825. The third kappa shape index (κ3) is 62.3. The molecule has 0 radical (unpaired) electrons. The van der Waals surface area contributed by atoms with Crippen LogP contribution in [0, 0.1) is 0 Å². The second-order valence-corrected chi connectivity index (χ2v) is 20.6. The third-order valence-corrected chi connectivity index (χ3v) is 13.2. The Morgan fingerprint density at radius 1 is 0.273 bits per heavy atom. The lowest BCUT2D eigenvalue weighted by Gasteiger charge is -2.18. The number of carbonyl (C=O) groups excluding carboxylic acids is 3. The van der Waals surface area contributed by atoms with Gasteiger partial charge < -0.3 is 14.2 Å². The molecule has 0 aliphatic carbocycles. The van der Waals surface area contributed by atoms with Gasteiger partial charge in [-0.3, -0.25) is 14.4 Å². The van der Waals surface area contributed by atoms with Crippen molar-refractivity contribution in [2.24, 2.45) is 0 Å². The van der Waals surface area contributed by atoms with Gasteiger partial charge in [0.25, 0.3) is 0 Å². The number of ether oxygens (including phenoxy) is 3. The molecule has 0 aromatic heterocycles. The van der Waals surface area contributed by atoms with Gasteiger partial charge in [-0.1, -0.05) is 289 Å². The topological polar surface area (TPSA) is 78.9 Å². The van der Waals surface area contributed by atoms with Crippen LogP contribution in [0.25, 0.3) is 0 Å². The van der Waals surface area contributed by atoms with Gasteiger partial charge in [-0.2, -0.15) is 0 Å². The Bertz CT molecular complexity index is 1650. The van der Waals surface area contributed by atoms with Gasteiger partial charge in [0.2, 0.25) is 0 Å². The molecular weight excluding hydrogens is 949 g/mol. The van der Waals surface area contributed by atoms with Crippen molar-refractivity contribution in [3.05, 3.63) is 134 Å². The van der Waals surface area contributed by atoms with Gasteiger partial charge in [-0.25, -0.2) is 0 Å². The average molecular weight is 1070 g/mol. The SMILES string of the molecule is CC/C=C\C/C=C\C/C=C\C/C=C\C/C=C\C/C=C\C/C=C\CCCCCC(=O)OCC(COC(=O)CC/C=C\C/C=C\C/C=C\C/C=C\CC)OC(=O)CCCCCCCCCCCCCCCCCCCCCCC. The van der Waals surface area contributed by atoms with Crippen molar-refractivity contribution in [2.45, 2.75) is 284 Å². The lowest BCUT2D eigenvalue weighted by Crippen LogP contribution is -2.30. The predicted molar refractivity (Wildman–Crippen MR) is 334 cm³/mol. The molecule has 0 aromatic rings. The van der Waals surface area contributed by atoms with E-state index in [1.165, 1.54) is 116 Å². The Balaban J connectivity index is 4.45. The summed E-state index contributed by atoms with van der Waals surface area (Å²) in [5.74, 6) is -1.03. The standard InChI is InChI=1S/C71H116O6/c1-4-7-10-13-16-19-22-25-27-29-31-33-34-35-36-38-39-41-43-46-49-52-55-58-61-64-70(73)76-67-68(66-75-69(72)63-60-57-54-51-48-45-24-21-18-15-12-9-6-3)77-71(74)65-62-59-56-53-50-47-44-42-40-37-32-30-28-26-23-20-17-14-11-8-5-2/h7,9-10,12,16,18-19,21,25,27,31,33,35-36,39,41,45-46,48-49,54,57,68H,4-6,8,11,13-15,17,20,22-24,26,28-30,32,34,37-38,40,42-44,47,50-53,55-56,58-67H2,1-3H3/b10-7-,12-9-,19-16-,21-18-,27-25-,33-31-,36-35-,41-39-,48-45-,49-46-,57-54-. The molecule has 0 fully saturated rings. The summed E-state index contributed by atoms with van der Waals surface area (Å²) in [5, 5.41) is 0. The molecule has 0 N–H and O–H groups in total. The monoisotopic (exact) mass is 1060 g/mol. The van der Waals surface area contributed by atoms with Crippen molar-refractivity contribution in [3.8, 4) is 0 Å². The molecule has 1 atom stereocenters. The Morgan fingerprint density at radius 2 is 0.532 bits per heavy atom. The Hall–Kier alpha value is -4.45. The normalized spacial score (nSPS) is 13.0. The van der Waals surface area contributed by atoms with Crippen LogP contribution in [-0.4, -0.2) is 37.2 Å². The molecule has 436 valence electrons. The molecule has 0 bridgehead atoms. The van der Waals surface area contributed by atoms with Crippen LogP contribution in [0.1, 0.15) is 278 Å². The minimum Gasteiger partial charge on any atom is -0.462 e. The van der Waals surface area contributed by atoms with Crippen LogP contribution in [0.4, 0.5) is 0 Å². The molecule has 77 heavy (non-hydrogen) atoms. The number of carbonyl (C=O) groups is 3. The third-order valence-electron chi connectivity index (χ3n) is 13.2. The van der Waals surface area contributed by atoms with Crippen LogP contribution in [-0.2, 0) is 28.6 Å². The van der Waals surface area contributed by atoms with E-state index in [2.05, 4.69) is 148 Å². The highest BCUT2D eigenvalue weighted by molar-refractivity contribution is 5.71. The largest absolute Gasteiger partial charge is 0.462 e. The van der Waals surface area contributed by atoms with Crippen molar-refractivity contribution < 1.29 is 28.6 Å². The smallest absolute Gasteiger partial charge is 0.306 e. The maximum absolute atomic E-state index is 12.9. The molecule has 1 unspecified atom stereocenters. The number of rotatable bonds is 56. The van der Waals surface area contributed by atoms with Crippen LogP contribution in [0.2, 0.25) is 0 Å². The van der Waals surface area contributed by atoms with Crippen LogP contribution in [0.3, 0.4) is 0 Å². The molecule has 0 spiro atoms. The van der Waals surface area contributed by atoms with E-state index in [-0.39, 0.29) is 37.5 Å². The highest BCUT2D eigenvalue weighted by Gasteiger charge is 2.19. The van der Waals surface area contributed by atoms with E-state index >= 15 is 0 Å². The van der Waals surface area contributed by atoms with Crippen molar-refractivity contribution in [3.63, 3.8) is 0 Å². The molecule has 0 aliphatic rings. The number of hydrogen-bond acceptors (Lipinski definition) is 6. The van der Waals surface area contributed by atoms with Crippen LogP contribution >= 0.6 is 0 Å². The Morgan fingerprint density at radius 3 is 0.870 bits per heavy atom. The van der Waals surface area contributed by atoms with E-state index in [0.717, 1.165) is 116 Å². The summed E-state index contributed by atoms with van der Waals surface area (Å²) >= 11 is 0. The second kappa shape index (κ2) is 64.1. The van der Waals surface area contributed by atoms with Crippen LogP contribution < -0.4 is 0 Å². The van der Waals surface area contributed by atoms with Gasteiger partial charge in [0.05, 0.1) is 0 Å². The summed E-state index contributed by atoms with van der Waals surface area (Å²) in [5.41, 5.74) is 0. The fraction of sp³-hybridized carbons (Fsp3) is 0.648.